The lowest BCUT2D eigenvalue weighted by molar-refractivity contribution is 0.242. The Morgan fingerprint density at radius 1 is 1.29 bits per heavy atom. The van der Waals surface area contributed by atoms with Gasteiger partial charge in [-0.05, 0) is 31.0 Å². The summed E-state index contributed by atoms with van der Waals surface area (Å²) in [5, 5.41) is 13.6. The van der Waals surface area contributed by atoms with Crippen molar-refractivity contribution in [3.05, 3.63) is 51.1 Å². The zero-order valence-corrected chi connectivity index (χ0v) is 15.9. The molecule has 1 aliphatic rings. The van der Waals surface area contributed by atoms with E-state index in [4.69, 9.17) is 20.8 Å². The number of aromatic amines is 1. The number of halogens is 1. The number of benzene rings is 1. The summed E-state index contributed by atoms with van der Waals surface area (Å²) in [6.07, 6.45) is 5.72. The number of aromatic nitrogens is 3. The number of aliphatic hydroxyl groups is 1. The van der Waals surface area contributed by atoms with Crippen LogP contribution in [0.1, 0.15) is 55.4 Å². The Morgan fingerprint density at radius 3 is 2.79 bits per heavy atom. The summed E-state index contributed by atoms with van der Waals surface area (Å²) in [6, 6.07) is 4.98. The first-order valence-corrected chi connectivity index (χ1v) is 9.60. The third kappa shape index (κ3) is 3.98. The van der Waals surface area contributed by atoms with Gasteiger partial charge in [-0.15, -0.1) is 0 Å². The second-order valence-corrected chi connectivity index (χ2v) is 7.20. The number of aliphatic hydroxyl groups excluding tert-OH is 1. The first-order valence-electron chi connectivity index (χ1n) is 9.22. The van der Waals surface area contributed by atoms with Crippen LogP contribution in [0.4, 0.5) is 0 Å². The number of hydrogen-bond acceptors (Lipinski definition) is 7. The minimum absolute atomic E-state index is 0.131. The van der Waals surface area contributed by atoms with Gasteiger partial charge >= 0.3 is 5.76 Å². The zero-order valence-electron chi connectivity index (χ0n) is 15.1. The molecule has 1 fully saturated rings. The fraction of sp³-hybridized carbons (Fsp3) is 0.421. The summed E-state index contributed by atoms with van der Waals surface area (Å²) in [7, 11) is 0. The SMILES string of the molecule is O=c1[nH]c(-c2ccc(OCc3oc(C4CCCCC4)nc3CO)cc2Cl)no1. The first kappa shape index (κ1) is 18.8. The molecule has 2 N–H and O–H groups in total. The highest BCUT2D eigenvalue weighted by Gasteiger charge is 2.23. The monoisotopic (exact) mass is 405 g/mol. The van der Waals surface area contributed by atoms with E-state index in [1.807, 2.05) is 0 Å². The van der Waals surface area contributed by atoms with Crippen molar-refractivity contribution in [3.8, 4) is 17.1 Å². The molecular formula is C19H20ClN3O5. The molecule has 0 unspecified atom stereocenters. The topological polar surface area (TPSA) is 114 Å². The highest BCUT2D eigenvalue weighted by atomic mass is 35.5. The maximum Gasteiger partial charge on any atom is 0.439 e. The van der Waals surface area contributed by atoms with Crippen molar-refractivity contribution >= 4 is 11.6 Å². The number of oxazole rings is 1. The summed E-state index contributed by atoms with van der Waals surface area (Å²) in [4.78, 5) is 18.0. The summed E-state index contributed by atoms with van der Waals surface area (Å²) in [5.74, 6) is 1.62. The second kappa shape index (κ2) is 8.20. The molecule has 0 atom stereocenters. The maximum atomic E-state index is 11.1. The molecular weight excluding hydrogens is 386 g/mol. The summed E-state index contributed by atoms with van der Waals surface area (Å²) in [5.41, 5.74) is 1.03. The van der Waals surface area contributed by atoms with Crippen LogP contribution in [0.15, 0.2) is 31.9 Å². The van der Waals surface area contributed by atoms with Crippen LogP contribution < -0.4 is 10.5 Å². The minimum Gasteiger partial charge on any atom is -0.486 e. The number of nitrogens with zero attached hydrogens (tertiary/aromatic N) is 2. The lowest BCUT2D eigenvalue weighted by Gasteiger charge is -2.17. The molecule has 3 aromatic rings. The van der Waals surface area contributed by atoms with E-state index in [9.17, 15) is 9.90 Å². The molecule has 0 radical (unpaired) electrons. The lowest BCUT2D eigenvalue weighted by Crippen LogP contribution is -2.04. The van der Waals surface area contributed by atoms with Gasteiger partial charge in [0.1, 0.15) is 18.1 Å². The highest BCUT2D eigenvalue weighted by Crippen LogP contribution is 2.34. The van der Waals surface area contributed by atoms with Gasteiger partial charge in [0.2, 0.25) is 0 Å². The van der Waals surface area contributed by atoms with E-state index in [-0.39, 0.29) is 19.0 Å². The van der Waals surface area contributed by atoms with Crippen LogP contribution in [-0.2, 0) is 13.2 Å². The molecule has 2 aromatic heterocycles. The smallest absolute Gasteiger partial charge is 0.439 e. The van der Waals surface area contributed by atoms with Crippen molar-refractivity contribution in [2.45, 2.75) is 51.2 Å². The number of nitrogens with one attached hydrogen (secondary N) is 1. The molecule has 0 aliphatic heterocycles. The molecule has 0 saturated heterocycles. The Bertz CT molecular complexity index is 1000. The van der Waals surface area contributed by atoms with Gasteiger partial charge < -0.3 is 14.3 Å². The Labute approximate surface area is 165 Å². The fourth-order valence-electron chi connectivity index (χ4n) is 3.44. The van der Waals surface area contributed by atoms with Crippen molar-refractivity contribution in [1.82, 2.24) is 15.1 Å². The van der Waals surface area contributed by atoms with Crippen LogP contribution in [0, 0.1) is 0 Å². The summed E-state index contributed by atoms with van der Waals surface area (Å²) < 4.78 is 16.2. The molecule has 2 heterocycles. The van der Waals surface area contributed by atoms with E-state index in [0.29, 0.717) is 39.6 Å². The third-order valence-corrected chi connectivity index (χ3v) is 5.22. The van der Waals surface area contributed by atoms with Crippen LogP contribution in [-0.4, -0.2) is 20.2 Å². The summed E-state index contributed by atoms with van der Waals surface area (Å²) in [6.45, 7) is -0.0692. The maximum absolute atomic E-state index is 11.1. The largest absolute Gasteiger partial charge is 0.486 e. The van der Waals surface area contributed by atoms with Gasteiger partial charge in [0.25, 0.3) is 0 Å². The first-order chi connectivity index (χ1) is 13.6. The van der Waals surface area contributed by atoms with E-state index in [1.54, 1.807) is 18.2 Å². The second-order valence-electron chi connectivity index (χ2n) is 6.79. The van der Waals surface area contributed by atoms with Crippen LogP contribution in [0.25, 0.3) is 11.4 Å². The molecule has 1 aliphatic carbocycles. The Hall–Kier alpha value is -2.58. The average Bonchev–Trinajstić information content (AvgIpc) is 3.33. The Morgan fingerprint density at radius 2 is 2.11 bits per heavy atom. The molecule has 9 heteroatoms. The van der Waals surface area contributed by atoms with E-state index < -0.39 is 5.76 Å². The molecule has 1 saturated carbocycles. The Balaban J connectivity index is 1.47. The van der Waals surface area contributed by atoms with Crippen LogP contribution in [0.3, 0.4) is 0 Å². The van der Waals surface area contributed by atoms with E-state index in [1.165, 1.54) is 19.3 Å². The predicted molar refractivity (Wildman–Crippen MR) is 100 cm³/mol. The van der Waals surface area contributed by atoms with Gasteiger partial charge in [0.15, 0.2) is 17.5 Å². The number of ether oxygens (including phenoxy) is 1. The molecule has 148 valence electrons. The molecule has 0 spiro atoms. The molecule has 0 amide bonds. The molecule has 1 aromatic carbocycles. The van der Waals surface area contributed by atoms with Crippen LogP contribution in [0.5, 0.6) is 5.75 Å². The zero-order chi connectivity index (χ0) is 19.5. The lowest BCUT2D eigenvalue weighted by atomic mass is 9.89. The minimum atomic E-state index is -0.651. The van der Waals surface area contributed by atoms with Gasteiger partial charge in [0.05, 0.1) is 11.6 Å². The number of H-pyrrole nitrogens is 1. The highest BCUT2D eigenvalue weighted by molar-refractivity contribution is 6.33. The fourth-order valence-corrected chi connectivity index (χ4v) is 3.70. The van der Waals surface area contributed by atoms with E-state index >= 15 is 0 Å². The number of rotatable bonds is 6. The average molecular weight is 406 g/mol. The van der Waals surface area contributed by atoms with Crippen LogP contribution in [0.2, 0.25) is 5.02 Å². The van der Waals surface area contributed by atoms with Gasteiger partial charge in [-0.1, -0.05) is 36.0 Å². The van der Waals surface area contributed by atoms with Crippen molar-refractivity contribution in [2.75, 3.05) is 0 Å². The van der Waals surface area contributed by atoms with E-state index in [2.05, 4.69) is 19.6 Å². The van der Waals surface area contributed by atoms with Crippen molar-refractivity contribution in [2.24, 2.45) is 0 Å². The van der Waals surface area contributed by atoms with Gasteiger partial charge in [-0.3, -0.25) is 9.51 Å². The Kier molecular flexibility index (Phi) is 5.50. The quantitative estimate of drug-likeness (QED) is 0.641. The molecule has 28 heavy (non-hydrogen) atoms. The van der Waals surface area contributed by atoms with E-state index in [0.717, 1.165) is 12.8 Å². The molecule has 8 nitrogen and oxygen atoms in total. The van der Waals surface area contributed by atoms with Crippen LogP contribution >= 0.6 is 11.6 Å². The normalized spacial score (nSPS) is 15.1. The van der Waals surface area contributed by atoms with Gasteiger partial charge in [0, 0.05) is 11.5 Å². The third-order valence-electron chi connectivity index (χ3n) is 4.90. The van der Waals surface area contributed by atoms with Crippen molar-refractivity contribution in [3.63, 3.8) is 0 Å². The predicted octanol–water partition coefficient (Wildman–Crippen LogP) is 3.79. The standard InChI is InChI=1S/C19H20ClN3O5/c20-14-8-12(6-7-13(14)17-22-19(25)28-23-17)26-10-16-15(9-24)21-18(27-16)11-4-2-1-3-5-11/h6-8,11,24H,1-5,9-10H2,(H,22,23,25). The molecule has 4 rings (SSSR count). The van der Waals surface area contributed by atoms with Gasteiger partial charge in [-0.2, -0.15) is 0 Å². The summed E-state index contributed by atoms with van der Waals surface area (Å²) >= 11 is 6.26. The number of hydrogen-bond donors (Lipinski definition) is 2. The van der Waals surface area contributed by atoms with Crippen molar-refractivity contribution in [1.29, 1.82) is 0 Å². The van der Waals surface area contributed by atoms with Crippen molar-refractivity contribution < 1.29 is 18.8 Å². The molecule has 0 bridgehead atoms. The van der Waals surface area contributed by atoms with Gasteiger partial charge in [-0.25, -0.2) is 9.78 Å².